The lowest BCUT2D eigenvalue weighted by Gasteiger charge is -2.05. The highest BCUT2D eigenvalue weighted by Gasteiger charge is 2.13. The van der Waals surface area contributed by atoms with E-state index in [1.54, 1.807) is 6.92 Å². The van der Waals surface area contributed by atoms with E-state index in [-0.39, 0.29) is 5.56 Å². The number of carboxylic acids is 2. The zero-order valence-electron chi connectivity index (χ0n) is 7.60. The Morgan fingerprint density at radius 3 is 2.00 bits per heavy atom. The first kappa shape index (κ1) is 10.2. The van der Waals surface area contributed by atoms with Crippen molar-refractivity contribution in [2.45, 2.75) is 12.8 Å². The third kappa shape index (κ3) is 2.10. The van der Waals surface area contributed by atoms with E-state index in [0.717, 1.165) is 0 Å². The van der Waals surface area contributed by atoms with Gasteiger partial charge in [-0.15, -0.1) is 0 Å². The fourth-order valence-electron chi connectivity index (χ4n) is 1.06. The van der Waals surface area contributed by atoms with Gasteiger partial charge in [0.25, 0.3) is 0 Å². The minimum atomic E-state index is -1.01. The maximum absolute atomic E-state index is 10.6. The highest BCUT2D eigenvalue weighted by Crippen LogP contribution is 2.15. The van der Waals surface area contributed by atoms with Crippen LogP contribution in [0.4, 0.5) is 0 Å². The second-order valence-corrected chi connectivity index (χ2v) is 2.99. The van der Waals surface area contributed by atoms with E-state index in [0.29, 0.717) is 5.56 Å². The van der Waals surface area contributed by atoms with Gasteiger partial charge in [0.2, 0.25) is 0 Å². The second-order valence-electron chi connectivity index (χ2n) is 2.99. The molecular formula is C10H10O4. The number of carboxylic acid groups (broad SMARTS) is 2. The number of carbonyl (C=O) groups is 2. The summed E-state index contributed by atoms with van der Waals surface area (Å²) in [7, 11) is 0. The number of hydrogen-bond donors (Lipinski definition) is 2. The highest BCUT2D eigenvalue weighted by atomic mass is 16.4. The van der Waals surface area contributed by atoms with E-state index in [9.17, 15) is 9.59 Å². The molecule has 0 aliphatic carbocycles. The quantitative estimate of drug-likeness (QED) is 0.765. The lowest BCUT2D eigenvalue weighted by Crippen LogP contribution is -2.07. The molecule has 0 unspecified atom stereocenters. The lowest BCUT2D eigenvalue weighted by molar-refractivity contribution is -0.138. The zero-order chi connectivity index (χ0) is 10.7. The van der Waals surface area contributed by atoms with Crippen molar-refractivity contribution in [1.82, 2.24) is 0 Å². The number of aliphatic carboxylic acids is 1. The Labute approximate surface area is 80.8 Å². The SMILES string of the molecule is C[C@@H](C(=O)O)c1ccc(C(=O)O)cc1. The molecule has 0 aliphatic heterocycles. The molecule has 1 aromatic carbocycles. The summed E-state index contributed by atoms with van der Waals surface area (Å²) in [6.45, 7) is 1.55. The lowest BCUT2D eigenvalue weighted by atomic mass is 10.0. The minimum absolute atomic E-state index is 0.159. The van der Waals surface area contributed by atoms with Gasteiger partial charge in [0.15, 0.2) is 0 Å². The molecule has 1 rings (SSSR count). The maximum atomic E-state index is 10.6. The van der Waals surface area contributed by atoms with Crippen LogP contribution in [0.3, 0.4) is 0 Å². The van der Waals surface area contributed by atoms with Crippen LogP contribution in [-0.4, -0.2) is 22.2 Å². The summed E-state index contributed by atoms with van der Waals surface area (Å²) >= 11 is 0. The van der Waals surface area contributed by atoms with Gasteiger partial charge in [0.05, 0.1) is 11.5 Å². The van der Waals surface area contributed by atoms with Crippen molar-refractivity contribution >= 4 is 11.9 Å². The second kappa shape index (κ2) is 3.91. The van der Waals surface area contributed by atoms with Gasteiger partial charge in [0.1, 0.15) is 0 Å². The average molecular weight is 194 g/mol. The number of hydrogen-bond acceptors (Lipinski definition) is 2. The van der Waals surface area contributed by atoms with Crippen molar-refractivity contribution in [2.24, 2.45) is 0 Å². The summed E-state index contributed by atoms with van der Waals surface area (Å²) in [4.78, 5) is 21.1. The van der Waals surface area contributed by atoms with Crippen LogP contribution < -0.4 is 0 Å². The molecule has 4 heteroatoms. The summed E-state index contributed by atoms with van der Waals surface area (Å²) in [6.07, 6.45) is 0. The van der Waals surface area contributed by atoms with Crippen LogP contribution in [-0.2, 0) is 4.79 Å². The monoisotopic (exact) mass is 194 g/mol. The summed E-state index contributed by atoms with van der Waals surface area (Å²) in [5.74, 6) is -2.55. The van der Waals surface area contributed by atoms with Gasteiger partial charge in [-0.1, -0.05) is 12.1 Å². The van der Waals surface area contributed by atoms with Crippen LogP contribution >= 0.6 is 0 Å². The summed E-state index contributed by atoms with van der Waals surface area (Å²) in [5.41, 5.74) is 0.758. The fraction of sp³-hybridized carbons (Fsp3) is 0.200. The Morgan fingerprint density at radius 2 is 1.64 bits per heavy atom. The number of aromatic carboxylic acids is 1. The van der Waals surface area contributed by atoms with Crippen molar-refractivity contribution in [3.63, 3.8) is 0 Å². The van der Waals surface area contributed by atoms with E-state index < -0.39 is 17.9 Å². The summed E-state index contributed by atoms with van der Waals surface area (Å²) in [5, 5.41) is 17.3. The van der Waals surface area contributed by atoms with Crippen molar-refractivity contribution in [3.8, 4) is 0 Å². The van der Waals surface area contributed by atoms with Gasteiger partial charge in [-0.3, -0.25) is 4.79 Å². The van der Waals surface area contributed by atoms with E-state index in [1.165, 1.54) is 24.3 Å². The van der Waals surface area contributed by atoms with Gasteiger partial charge in [-0.2, -0.15) is 0 Å². The average Bonchev–Trinajstić information content (AvgIpc) is 2.16. The topological polar surface area (TPSA) is 74.6 Å². The largest absolute Gasteiger partial charge is 0.481 e. The highest BCUT2D eigenvalue weighted by molar-refractivity contribution is 5.87. The van der Waals surface area contributed by atoms with Gasteiger partial charge in [-0.05, 0) is 24.6 Å². The van der Waals surface area contributed by atoms with Gasteiger partial charge in [0, 0.05) is 0 Å². The van der Waals surface area contributed by atoms with E-state index >= 15 is 0 Å². The van der Waals surface area contributed by atoms with Crippen molar-refractivity contribution in [3.05, 3.63) is 35.4 Å². The Hall–Kier alpha value is -1.84. The first-order valence-corrected chi connectivity index (χ1v) is 4.08. The Bertz CT molecular complexity index is 353. The Morgan fingerprint density at radius 1 is 1.14 bits per heavy atom. The Kier molecular flexibility index (Phi) is 2.86. The van der Waals surface area contributed by atoms with Crippen LogP contribution in [0.2, 0.25) is 0 Å². The third-order valence-electron chi connectivity index (χ3n) is 2.03. The van der Waals surface area contributed by atoms with Crippen molar-refractivity contribution < 1.29 is 19.8 Å². The molecule has 4 nitrogen and oxygen atoms in total. The van der Waals surface area contributed by atoms with Gasteiger partial charge in [-0.25, -0.2) is 4.79 Å². The van der Waals surface area contributed by atoms with E-state index in [2.05, 4.69) is 0 Å². The van der Waals surface area contributed by atoms with Crippen LogP contribution in [0.25, 0.3) is 0 Å². The normalized spacial score (nSPS) is 12.1. The summed E-state index contributed by atoms with van der Waals surface area (Å²) in [6, 6.07) is 5.83. The molecule has 1 atom stereocenters. The van der Waals surface area contributed by atoms with Gasteiger partial charge >= 0.3 is 11.9 Å². The molecule has 0 saturated carbocycles. The fourth-order valence-corrected chi connectivity index (χ4v) is 1.06. The maximum Gasteiger partial charge on any atom is 0.335 e. The molecule has 0 aromatic heterocycles. The molecule has 0 radical (unpaired) electrons. The van der Waals surface area contributed by atoms with E-state index in [4.69, 9.17) is 10.2 Å². The zero-order valence-corrected chi connectivity index (χ0v) is 7.60. The van der Waals surface area contributed by atoms with Crippen LogP contribution in [0.1, 0.15) is 28.8 Å². The summed E-state index contributed by atoms with van der Waals surface area (Å²) < 4.78 is 0. The van der Waals surface area contributed by atoms with Crippen molar-refractivity contribution in [2.75, 3.05) is 0 Å². The molecule has 1 aromatic rings. The molecule has 0 fully saturated rings. The minimum Gasteiger partial charge on any atom is -0.481 e. The van der Waals surface area contributed by atoms with Crippen LogP contribution in [0.15, 0.2) is 24.3 Å². The van der Waals surface area contributed by atoms with Crippen LogP contribution in [0, 0.1) is 0 Å². The molecule has 0 aliphatic rings. The predicted octanol–water partition coefficient (Wildman–Crippen LogP) is 1.57. The molecule has 0 amide bonds. The predicted molar refractivity (Wildman–Crippen MR) is 49.5 cm³/mol. The molecule has 0 saturated heterocycles. The standard InChI is InChI=1S/C10H10O4/c1-6(9(11)12)7-2-4-8(5-3-7)10(13)14/h2-6H,1H3,(H,11,12)(H,13,14)/t6-/m1/s1. The number of benzene rings is 1. The molecule has 0 heterocycles. The van der Waals surface area contributed by atoms with E-state index in [1.807, 2.05) is 0 Å². The number of rotatable bonds is 3. The molecule has 2 N–H and O–H groups in total. The smallest absolute Gasteiger partial charge is 0.335 e. The first-order valence-electron chi connectivity index (χ1n) is 4.08. The van der Waals surface area contributed by atoms with Crippen LogP contribution in [0.5, 0.6) is 0 Å². The molecule has 74 valence electrons. The van der Waals surface area contributed by atoms with Gasteiger partial charge < -0.3 is 10.2 Å². The van der Waals surface area contributed by atoms with Crippen molar-refractivity contribution in [1.29, 1.82) is 0 Å². The molecular weight excluding hydrogens is 184 g/mol. The first-order chi connectivity index (χ1) is 6.52. The molecule has 0 bridgehead atoms. The Balaban J connectivity index is 2.94. The molecule has 0 spiro atoms. The molecule has 14 heavy (non-hydrogen) atoms. The third-order valence-corrected chi connectivity index (χ3v) is 2.03.